The highest BCUT2D eigenvalue weighted by molar-refractivity contribution is 5.16. The molecule has 0 fully saturated rings. The number of ether oxygens (including phenoxy) is 1. The Morgan fingerprint density at radius 1 is 0.353 bits per heavy atom. The van der Waals surface area contributed by atoms with Crippen molar-refractivity contribution in [3.05, 3.63) is 0 Å². The third-order valence-corrected chi connectivity index (χ3v) is 13.2. The Labute approximate surface area is 319 Å². The summed E-state index contributed by atoms with van der Waals surface area (Å²) in [6, 6.07) is 0. The van der Waals surface area contributed by atoms with Gasteiger partial charge in [0.1, 0.15) is 23.4 Å². The quantitative estimate of drug-likeness (QED) is 0.0496. The molecule has 0 aliphatic carbocycles. The molecule has 0 amide bonds. The average Bonchev–Trinajstić information content (AvgIpc) is 3.07. The molecule has 0 aliphatic rings. The molecule has 308 valence electrons. The van der Waals surface area contributed by atoms with Crippen LogP contribution in [0.3, 0.4) is 0 Å². The minimum Gasteiger partial charge on any atom is -0.394 e. The average molecular weight is 727 g/mol. The summed E-state index contributed by atoms with van der Waals surface area (Å²) in [5.74, 6) is 0. The SMILES string of the molecule is CCCCCCCC(C)(C)C(OC(C(O)CO)(C(C)(C)CCCCCCC)C(C)(C)CCCCCCC)(C(O)CO)C(C)(C)CCCCCCC. The van der Waals surface area contributed by atoms with Crippen molar-refractivity contribution in [3.8, 4) is 0 Å². The molecule has 0 radical (unpaired) electrons. The Bertz CT molecular complexity index is 727. The second-order valence-electron chi connectivity index (χ2n) is 19.2. The summed E-state index contributed by atoms with van der Waals surface area (Å²) in [5, 5.41) is 47.2. The summed E-state index contributed by atoms with van der Waals surface area (Å²) in [6.45, 7) is 26.1. The van der Waals surface area contributed by atoms with Crippen LogP contribution >= 0.6 is 0 Å². The van der Waals surface area contributed by atoms with Gasteiger partial charge in [-0.3, -0.25) is 0 Å². The lowest BCUT2D eigenvalue weighted by Gasteiger charge is -2.67. The standard InChI is InChI=1S/C46H94O5/c1-13-17-21-25-29-33-41(5,6)45(39(49)37-47,42(7,8)34-30-26-22-18-14-2)51-46(40(50)38-48,43(9,10)35-31-27-23-19-15-3)44(11,12)36-32-28-24-20-16-4/h39-40,47-50H,13-38H2,1-12H3. The van der Waals surface area contributed by atoms with E-state index in [0.717, 1.165) is 77.0 Å². The molecule has 0 aromatic heterocycles. The number of aliphatic hydroxyl groups excluding tert-OH is 4. The third kappa shape index (κ3) is 14.1. The van der Waals surface area contributed by atoms with Crippen molar-refractivity contribution in [2.24, 2.45) is 21.7 Å². The van der Waals surface area contributed by atoms with Crippen molar-refractivity contribution >= 4 is 0 Å². The molecule has 2 atom stereocenters. The van der Waals surface area contributed by atoms with Crippen LogP contribution in [-0.4, -0.2) is 57.0 Å². The van der Waals surface area contributed by atoms with Crippen molar-refractivity contribution in [1.82, 2.24) is 0 Å². The Balaban J connectivity index is 7.74. The first-order valence-corrected chi connectivity index (χ1v) is 22.2. The highest BCUT2D eigenvalue weighted by Crippen LogP contribution is 2.62. The van der Waals surface area contributed by atoms with Gasteiger partial charge in [-0.2, -0.15) is 0 Å². The van der Waals surface area contributed by atoms with Gasteiger partial charge in [0, 0.05) is 0 Å². The number of hydrogen-bond donors (Lipinski definition) is 4. The van der Waals surface area contributed by atoms with Crippen molar-refractivity contribution < 1.29 is 25.2 Å². The third-order valence-electron chi connectivity index (χ3n) is 13.2. The van der Waals surface area contributed by atoms with Gasteiger partial charge in [-0.05, 0) is 47.3 Å². The summed E-state index contributed by atoms with van der Waals surface area (Å²) in [7, 11) is 0. The Kier molecular flexibility index (Phi) is 25.0. The van der Waals surface area contributed by atoms with Gasteiger partial charge in [-0.25, -0.2) is 0 Å². The lowest BCUT2D eigenvalue weighted by atomic mass is 9.51. The molecule has 5 nitrogen and oxygen atoms in total. The van der Waals surface area contributed by atoms with E-state index in [1.165, 1.54) is 77.0 Å². The van der Waals surface area contributed by atoms with Crippen LogP contribution in [0.5, 0.6) is 0 Å². The molecule has 0 heterocycles. The molecule has 0 saturated heterocycles. The van der Waals surface area contributed by atoms with E-state index in [4.69, 9.17) is 4.74 Å². The van der Waals surface area contributed by atoms with Crippen LogP contribution in [0.4, 0.5) is 0 Å². The minimum atomic E-state index is -1.21. The predicted octanol–water partition coefficient (Wildman–Crippen LogP) is 12.7. The molecule has 0 aromatic rings. The van der Waals surface area contributed by atoms with Crippen molar-refractivity contribution in [3.63, 3.8) is 0 Å². The smallest absolute Gasteiger partial charge is 0.107 e. The van der Waals surface area contributed by atoms with Crippen LogP contribution in [0.2, 0.25) is 0 Å². The summed E-state index contributed by atoms with van der Waals surface area (Å²) in [4.78, 5) is 0. The van der Waals surface area contributed by atoms with Gasteiger partial charge in [-0.15, -0.1) is 0 Å². The number of hydrogen-bond acceptors (Lipinski definition) is 5. The number of aliphatic hydroxyl groups is 4. The van der Waals surface area contributed by atoms with E-state index in [2.05, 4.69) is 83.1 Å². The first-order valence-electron chi connectivity index (χ1n) is 22.2. The van der Waals surface area contributed by atoms with E-state index in [1.807, 2.05) is 0 Å². The fourth-order valence-corrected chi connectivity index (χ4v) is 10.3. The van der Waals surface area contributed by atoms with E-state index in [-0.39, 0.29) is 0 Å². The molecule has 0 rings (SSSR count). The second-order valence-corrected chi connectivity index (χ2v) is 19.2. The molecule has 0 spiro atoms. The van der Waals surface area contributed by atoms with E-state index in [0.29, 0.717) is 0 Å². The normalized spacial score (nSPS) is 15.1. The number of unbranched alkanes of at least 4 members (excludes halogenated alkanes) is 16. The molecule has 51 heavy (non-hydrogen) atoms. The van der Waals surface area contributed by atoms with Gasteiger partial charge < -0.3 is 25.2 Å². The van der Waals surface area contributed by atoms with Crippen LogP contribution in [0.15, 0.2) is 0 Å². The largest absolute Gasteiger partial charge is 0.394 e. The molecular weight excluding hydrogens is 633 g/mol. The molecule has 0 aromatic carbocycles. The first kappa shape index (κ1) is 50.8. The molecule has 0 saturated carbocycles. The number of rotatable bonds is 34. The Hall–Kier alpha value is -0.200. The van der Waals surface area contributed by atoms with Gasteiger partial charge in [0.25, 0.3) is 0 Å². The van der Waals surface area contributed by atoms with Crippen LogP contribution in [0.25, 0.3) is 0 Å². The topological polar surface area (TPSA) is 90.2 Å². The Morgan fingerprint density at radius 2 is 0.549 bits per heavy atom. The molecule has 0 aliphatic heterocycles. The van der Waals surface area contributed by atoms with Crippen molar-refractivity contribution in [2.75, 3.05) is 13.2 Å². The molecule has 5 heteroatoms. The van der Waals surface area contributed by atoms with Gasteiger partial charge in [0.2, 0.25) is 0 Å². The zero-order valence-electron chi connectivity index (χ0n) is 36.7. The van der Waals surface area contributed by atoms with Crippen LogP contribution in [0.1, 0.15) is 237 Å². The predicted molar refractivity (Wildman–Crippen MR) is 221 cm³/mol. The first-order chi connectivity index (χ1) is 23.9. The van der Waals surface area contributed by atoms with Gasteiger partial charge in [0.05, 0.1) is 13.2 Å². The highest BCUT2D eigenvalue weighted by Gasteiger charge is 2.68. The molecule has 4 N–H and O–H groups in total. The minimum absolute atomic E-state index is 0.418. The summed E-state index contributed by atoms with van der Waals surface area (Å²) in [6.07, 6.45) is 23.9. The molecule has 2 unspecified atom stereocenters. The lowest BCUT2D eigenvalue weighted by Crippen LogP contribution is -2.75. The van der Waals surface area contributed by atoms with Gasteiger partial charge in [0.15, 0.2) is 0 Å². The van der Waals surface area contributed by atoms with E-state index < -0.39 is 58.3 Å². The summed E-state index contributed by atoms with van der Waals surface area (Å²) >= 11 is 0. The maximum atomic E-state index is 12.5. The van der Waals surface area contributed by atoms with Crippen molar-refractivity contribution in [2.45, 2.75) is 261 Å². The zero-order chi connectivity index (χ0) is 39.2. The van der Waals surface area contributed by atoms with Gasteiger partial charge in [-0.1, -0.05) is 212 Å². The monoisotopic (exact) mass is 727 g/mol. The maximum Gasteiger partial charge on any atom is 0.107 e. The second kappa shape index (κ2) is 25.1. The maximum absolute atomic E-state index is 12.5. The summed E-state index contributed by atoms with van der Waals surface area (Å²) in [5.41, 5.74) is -4.63. The highest BCUT2D eigenvalue weighted by atomic mass is 16.6. The van der Waals surface area contributed by atoms with Crippen LogP contribution in [-0.2, 0) is 4.74 Å². The summed E-state index contributed by atoms with van der Waals surface area (Å²) < 4.78 is 8.08. The van der Waals surface area contributed by atoms with Gasteiger partial charge >= 0.3 is 0 Å². The zero-order valence-corrected chi connectivity index (χ0v) is 36.7. The molecular formula is C46H94O5. The molecule has 0 bridgehead atoms. The van der Waals surface area contributed by atoms with E-state index in [9.17, 15) is 20.4 Å². The lowest BCUT2D eigenvalue weighted by molar-refractivity contribution is -0.368. The van der Waals surface area contributed by atoms with Crippen LogP contribution in [0, 0.1) is 21.7 Å². The van der Waals surface area contributed by atoms with E-state index >= 15 is 0 Å². The van der Waals surface area contributed by atoms with Crippen LogP contribution < -0.4 is 0 Å². The van der Waals surface area contributed by atoms with Crippen molar-refractivity contribution in [1.29, 1.82) is 0 Å². The Morgan fingerprint density at radius 3 is 0.725 bits per heavy atom. The van der Waals surface area contributed by atoms with E-state index in [1.54, 1.807) is 0 Å². The fourth-order valence-electron chi connectivity index (χ4n) is 10.3. The fraction of sp³-hybridized carbons (Fsp3) is 1.00.